The Bertz CT molecular complexity index is 726. The molecule has 2 rings (SSSR count). The van der Waals surface area contributed by atoms with Crippen LogP contribution in [0.2, 0.25) is 10.0 Å². The number of hydrogen-bond acceptors (Lipinski definition) is 2. The van der Waals surface area contributed by atoms with Crippen molar-refractivity contribution in [3.05, 3.63) is 69.2 Å². The maximum absolute atomic E-state index is 12.2. The minimum atomic E-state index is -0.242. The summed E-state index contributed by atoms with van der Waals surface area (Å²) in [4.78, 5) is 12.2. The molecule has 22 heavy (non-hydrogen) atoms. The predicted molar refractivity (Wildman–Crippen MR) is 91.9 cm³/mol. The molecule has 0 unspecified atom stereocenters. The summed E-state index contributed by atoms with van der Waals surface area (Å²) in [6, 6.07) is 12.6. The molecule has 114 valence electrons. The van der Waals surface area contributed by atoms with E-state index in [0.29, 0.717) is 27.7 Å². The monoisotopic (exact) mass is 334 g/mol. The normalized spacial score (nSPS) is 11.4. The molecule has 0 bridgehead atoms. The molecule has 0 spiro atoms. The lowest BCUT2D eigenvalue weighted by molar-refractivity contribution is 0.0954. The molecule has 0 aliphatic rings. The highest BCUT2D eigenvalue weighted by atomic mass is 35.5. The van der Waals surface area contributed by atoms with Crippen molar-refractivity contribution in [2.24, 2.45) is 5.10 Å². The Morgan fingerprint density at radius 3 is 2.50 bits per heavy atom. The van der Waals surface area contributed by atoms with E-state index in [0.717, 1.165) is 11.1 Å². The average molecular weight is 335 g/mol. The van der Waals surface area contributed by atoms with Gasteiger partial charge in [-0.2, -0.15) is 5.10 Å². The van der Waals surface area contributed by atoms with Gasteiger partial charge in [-0.25, -0.2) is 5.43 Å². The molecular formula is C17H16Cl2N2O. The van der Waals surface area contributed by atoms with Crippen molar-refractivity contribution in [2.45, 2.75) is 20.3 Å². The molecule has 0 saturated heterocycles. The number of nitrogens with one attached hydrogen (secondary N) is 1. The zero-order valence-corrected chi connectivity index (χ0v) is 13.9. The van der Waals surface area contributed by atoms with E-state index in [9.17, 15) is 4.79 Å². The highest BCUT2D eigenvalue weighted by Gasteiger charge is 2.10. The van der Waals surface area contributed by atoms with Crippen LogP contribution in [-0.2, 0) is 0 Å². The number of aryl methyl sites for hydroxylation is 1. The maximum Gasteiger partial charge on any atom is 0.271 e. The van der Waals surface area contributed by atoms with E-state index in [2.05, 4.69) is 10.5 Å². The topological polar surface area (TPSA) is 41.5 Å². The third kappa shape index (κ3) is 3.87. The van der Waals surface area contributed by atoms with Crippen LogP contribution in [0.5, 0.6) is 0 Å². The Hall–Kier alpha value is -1.84. The minimum Gasteiger partial charge on any atom is -0.267 e. The zero-order valence-electron chi connectivity index (χ0n) is 12.4. The van der Waals surface area contributed by atoms with Crippen molar-refractivity contribution < 1.29 is 4.79 Å². The van der Waals surface area contributed by atoms with Gasteiger partial charge in [-0.15, -0.1) is 0 Å². The van der Waals surface area contributed by atoms with Gasteiger partial charge in [0.25, 0.3) is 5.91 Å². The Morgan fingerprint density at radius 1 is 1.14 bits per heavy atom. The van der Waals surface area contributed by atoms with E-state index in [1.807, 2.05) is 32.0 Å². The molecule has 0 atom stereocenters. The van der Waals surface area contributed by atoms with E-state index in [4.69, 9.17) is 23.2 Å². The van der Waals surface area contributed by atoms with Gasteiger partial charge in [-0.1, -0.05) is 54.4 Å². The van der Waals surface area contributed by atoms with Crippen molar-refractivity contribution in [1.29, 1.82) is 0 Å². The molecule has 0 saturated carbocycles. The molecule has 0 fully saturated rings. The average Bonchev–Trinajstić information content (AvgIpc) is 2.49. The fourth-order valence-electron chi connectivity index (χ4n) is 2.06. The van der Waals surface area contributed by atoms with E-state index >= 15 is 0 Å². The SMILES string of the molecule is CCC(=NNC(=O)c1ccccc1C)c1ccc(Cl)cc1Cl. The lowest BCUT2D eigenvalue weighted by Crippen LogP contribution is -2.21. The largest absolute Gasteiger partial charge is 0.271 e. The highest BCUT2D eigenvalue weighted by molar-refractivity contribution is 6.37. The van der Waals surface area contributed by atoms with Crippen molar-refractivity contribution in [2.75, 3.05) is 0 Å². The third-order valence-corrected chi connectivity index (χ3v) is 3.81. The molecule has 0 heterocycles. The maximum atomic E-state index is 12.2. The van der Waals surface area contributed by atoms with Crippen LogP contribution in [-0.4, -0.2) is 11.6 Å². The molecule has 0 aromatic heterocycles. The Balaban J connectivity index is 2.23. The molecule has 1 amide bonds. The molecule has 5 heteroatoms. The van der Waals surface area contributed by atoms with Gasteiger partial charge in [0.1, 0.15) is 0 Å². The Kier molecular flexibility index (Phi) is 5.58. The van der Waals surface area contributed by atoms with Crippen LogP contribution in [0.4, 0.5) is 0 Å². The number of nitrogens with zero attached hydrogens (tertiary/aromatic N) is 1. The van der Waals surface area contributed by atoms with E-state index in [-0.39, 0.29) is 5.91 Å². The first-order valence-corrected chi connectivity index (χ1v) is 7.66. The van der Waals surface area contributed by atoms with Crippen LogP contribution in [0.3, 0.4) is 0 Å². The molecule has 2 aromatic carbocycles. The minimum absolute atomic E-state index is 0.242. The van der Waals surface area contributed by atoms with E-state index in [1.54, 1.807) is 24.3 Å². The number of carbonyl (C=O) groups excluding carboxylic acids is 1. The van der Waals surface area contributed by atoms with Gasteiger partial charge in [0.2, 0.25) is 0 Å². The highest BCUT2D eigenvalue weighted by Crippen LogP contribution is 2.22. The van der Waals surface area contributed by atoms with E-state index in [1.165, 1.54) is 0 Å². The van der Waals surface area contributed by atoms with Crippen molar-refractivity contribution >= 4 is 34.8 Å². The summed E-state index contributed by atoms with van der Waals surface area (Å²) in [5.74, 6) is -0.242. The van der Waals surface area contributed by atoms with Crippen LogP contribution in [0.15, 0.2) is 47.6 Å². The van der Waals surface area contributed by atoms with E-state index < -0.39 is 0 Å². The summed E-state index contributed by atoms with van der Waals surface area (Å²) in [7, 11) is 0. The first kappa shape index (κ1) is 16.5. The van der Waals surface area contributed by atoms with Gasteiger partial charge >= 0.3 is 0 Å². The Morgan fingerprint density at radius 2 is 1.86 bits per heavy atom. The van der Waals surface area contributed by atoms with Crippen molar-refractivity contribution in [3.8, 4) is 0 Å². The third-order valence-electron chi connectivity index (χ3n) is 3.26. The number of benzene rings is 2. The van der Waals surface area contributed by atoms with Gasteiger partial charge in [-0.05, 0) is 37.1 Å². The number of rotatable bonds is 4. The van der Waals surface area contributed by atoms with Crippen LogP contribution >= 0.6 is 23.2 Å². The number of carbonyl (C=O) groups is 1. The van der Waals surface area contributed by atoms with Gasteiger partial charge < -0.3 is 0 Å². The fraction of sp³-hybridized carbons (Fsp3) is 0.176. The fourth-order valence-corrected chi connectivity index (χ4v) is 2.58. The predicted octanol–water partition coefficient (Wildman–Crippen LogP) is 4.85. The molecule has 1 N–H and O–H groups in total. The summed E-state index contributed by atoms with van der Waals surface area (Å²) in [6.07, 6.45) is 0.634. The molecule has 0 aliphatic heterocycles. The second-order valence-corrected chi connectivity index (χ2v) is 5.64. The number of halogens is 2. The summed E-state index contributed by atoms with van der Waals surface area (Å²) < 4.78 is 0. The van der Waals surface area contributed by atoms with Crippen molar-refractivity contribution in [1.82, 2.24) is 5.43 Å². The van der Waals surface area contributed by atoms with Gasteiger partial charge in [0.15, 0.2) is 0 Å². The number of amides is 1. The zero-order chi connectivity index (χ0) is 16.1. The van der Waals surface area contributed by atoms with Crippen LogP contribution < -0.4 is 5.43 Å². The molecule has 2 aromatic rings. The second-order valence-electron chi connectivity index (χ2n) is 4.79. The lowest BCUT2D eigenvalue weighted by atomic mass is 10.1. The van der Waals surface area contributed by atoms with Crippen LogP contribution in [0.1, 0.15) is 34.8 Å². The summed E-state index contributed by atoms with van der Waals surface area (Å²) >= 11 is 12.1. The Labute approximate surface area is 139 Å². The lowest BCUT2D eigenvalue weighted by Gasteiger charge is -2.08. The van der Waals surface area contributed by atoms with Gasteiger partial charge in [0, 0.05) is 16.1 Å². The molecule has 0 radical (unpaired) electrons. The number of hydrazone groups is 1. The summed E-state index contributed by atoms with van der Waals surface area (Å²) in [6.45, 7) is 3.83. The first-order valence-electron chi connectivity index (χ1n) is 6.91. The molecular weight excluding hydrogens is 319 g/mol. The van der Waals surface area contributed by atoms with Gasteiger partial charge in [-0.3, -0.25) is 4.79 Å². The number of hydrogen-bond donors (Lipinski definition) is 1. The summed E-state index contributed by atoms with van der Waals surface area (Å²) in [5.41, 5.74) is 5.55. The van der Waals surface area contributed by atoms with Gasteiger partial charge in [0.05, 0.1) is 10.7 Å². The standard InChI is InChI=1S/C17H16Cl2N2O/c1-3-16(14-9-8-12(18)10-15(14)19)20-21-17(22)13-7-5-4-6-11(13)2/h4-10H,3H2,1-2H3,(H,21,22). The molecule has 0 aliphatic carbocycles. The second kappa shape index (κ2) is 7.43. The molecule has 3 nitrogen and oxygen atoms in total. The van der Waals surface area contributed by atoms with Crippen LogP contribution in [0, 0.1) is 6.92 Å². The quantitative estimate of drug-likeness (QED) is 0.630. The smallest absolute Gasteiger partial charge is 0.267 e. The first-order chi connectivity index (χ1) is 10.5. The van der Waals surface area contributed by atoms with Crippen LogP contribution in [0.25, 0.3) is 0 Å². The van der Waals surface area contributed by atoms with Crippen molar-refractivity contribution in [3.63, 3.8) is 0 Å². The summed E-state index contributed by atoms with van der Waals surface area (Å²) in [5, 5.41) is 5.29.